The maximum absolute atomic E-state index is 10.3. The molecule has 0 fully saturated rings. The molecule has 4 nitrogen and oxygen atoms in total. The maximum atomic E-state index is 10.3. The molecule has 0 aliphatic heterocycles. The molecule has 0 saturated carbocycles. The Kier molecular flexibility index (Phi) is 4.57. The molecular formula is C14H23NO3. The summed E-state index contributed by atoms with van der Waals surface area (Å²) in [6, 6.07) is 0. The first kappa shape index (κ1) is 14.8. The van der Waals surface area contributed by atoms with E-state index in [-0.39, 0.29) is 17.4 Å². The molecule has 1 unspecified atom stereocenters. The second kappa shape index (κ2) is 5.57. The van der Waals surface area contributed by atoms with Gasteiger partial charge < -0.3 is 15.5 Å². The van der Waals surface area contributed by atoms with Gasteiger partial charge >= 0.3 is 6.09 Å². The Labute approximate surface area is 108 Å². The molecule has 0 spiro atoms. The molecule has 1 rings (SSSR count). The van der Waals surface area contributed by atoms with Gasteiger partial charge in [0.25, 0.3) is 0 Å². The maximum Gasteiger partial charge on any atom is 0.404 e. The van der Waals surface area contributed by atoms with Crippen LogP contribution >= 0.6 is 0 Å². The topological polar surface area (TPSA) is 69.6 Å². The lowest BCUT2D eigenvalue weighted by atomic mass is 9.63. The van der Waals surface area contributed by atoms with E-state index in [9.17, 15) is 9.90 Å². The van der Waals surface area contributed by atoms with Gasteiger partial charge in [0.2, 0.25) is 0 Å². The fraction of sp³-hybridized carbons (Fsp3) is 0.643. The van der Waals surface area contributed by atoms with Crippen LogP contribution in [0.4, 0.5) is 4.79 Å². The van der Waals surface area contributed by atoms with E-state index in [1.807, 2.05) is 6.08 Å². The third-order valence-corrected chi connectivity index (χ3v) is 3.81. The van der Waals surface area contributed by atoms with E-state index in [1.54, 1.807) is 0 Å². The van der Waals surface area contributed by atoms with Gasteiger partial charge in [0.1, 0.15) is 0 Å². The van der Waals surface area contributed by atoms with Crippen molar-refractivity contribution in [3.63, 3.8) is 0 Å². The van der Waals surface area contributed by atoms with Crippen molar-refractivity contribution in [2.75, 3.05) is 13.2 Å². The third kappa shape index (κ3) is 3.35. The van der Waals surface area contributed by atoms with Crippen molar-refractivity contribution in [2.24, 2.45) is 10.8 Å². The summed E-state index contributed by atoms with van der Waals surface area (Å²) >= 11 is 0. The molecule has 0 heterocycles. The first-order chi connectivity index (χ1) is 8.31. The zero-order valence-corrected chi connectivity index (χ0v) is 11.4. The summed E-state index contributed by atoms with van der Waals surface area (Å²) in [5.74, 6) is 0. The average molecular weight is 253 g/mol. The molecule has 1 atom stereocenters. The Bertz CT molecular complexity index is 366. The molecule has 1 amide bonds. The minimum Gasteiger partial charge on any atom is -0.465 e. The summed E-state index contributed by atoms with van der Waals surface area (Å²) in [7, 11) is 0. The fourth-order valence-electron chi connectivity index (χ4n) is 2.13. The highest BCUT2D eigenvalue weighted by Crippen LogP contribution is 2.45. The number of carbonyl (C=O) groups is 1. The Hall–Kier alpha value is -1.29. The van der Waals surface area contributed by atoms with Crippen molar-refractivity contribution in [3.8, 4) is 0 Å². The molecule has 4 heteroatoms. The van der Waals surface area contributed by atoms with Crippen molar-refractivity contribution in [1.29, 1.82) is 0 Å². The molecule has 0 aromatic rings. The second-order valence-electron chi connectivity index (χ2n) is 5.86. The number of hydrogen-bond acceptors (Lipinski definition) is 2. The van der Waals surface area contributed by atoms with Crippen molar-refractivity contribution in [1.82, 2.24) is 5.32 Å². The van der Waals surface area contributed by atoms with Gasteiger partial charge in [-0.05, 0) is 18.3 Å². The van der Waals surface area contributed by atoms with Crippen molar-refractivity contribution in [2.45, 2.75) is 33.6 Å². The van der Waals surface area contributed by atoms with Gasteiger partial charge in [-0.3, -0.25) is 0 Å². The number of rotatable bonds is 4. The number of nitrogens with one attached hydrogen (secondary N) is 1. The molecule has 1 aliphatic rings. The number of hydrogen-bond donors (Lipinski definition) is 3. The summed E-state index contributed by atoms with van der Waals surface area (Å²) in [6.45, 7) is 6.92. The van der Waals surface area contributed by atoms with Gasteiger partial charge in [0, 0.05) is 12.0 Å². The van der Waals surface area contributed by atoms with Gasteiger partial charge in [-0.2, -0.15) is 0 Å². The van der Waals surface area contributed by atoms with Gasteiger partial charge in [-0.15, -0.1) is 0 Å². The smallest absolute Gasteiger partial charge is 0.404 e. The molecule has 0 bridgehead atoms. The van der Waals surface area contributed by atoms with Crippen LogP contribution in [0.5, 0.6) is 0 Å². The molecule has 18 heavy (non-hydrogen) atoms. The predicted octanol–water partition coefficient (Wildman–Crippen LogP) is 2.56. The number of amides is 1. The predicted molar refractivity (Wildman–Crippen MR) is 71.5 cm³/mol. The van der Waals surface area contributed by atoms with Crippen LogP contribution in [0.25, 0.3) is 0 Å². The number of allylic oxidation sites excluding steroid dienone is 2. The highest BCUT2D eigenvalue weighted by molar-refractivity contribution is 5.64. The lowest BCUT2D eigenvalue weighted by Gasteiger charge is -2.42. The SMILES string of the molecule is CC(C)(C)C1(CO)C=CC(CCNC(=O)O)=CC1. The van der Waals surface area contributed by atoms with Crippen LogP contribution in [-0.4, -0.2) is 29.5 Å². The van der Waals surface area contributed by atoms with Crippen LogP contribution in [0.15, 0.2) is 23.8 Å². The molecule has 0 aromatic heterocycles. The van der Waals surface area contributed by atoms with Gasteiger partial charge in [-0.25, -0.2) is 4.79 Å². The second-order valence-corrected chi connectivity index (χ2v) is 5.86. The first-order valence-electron chi connectivity index (χ1n) is 6.27. The van der Waals surface area contributed by atoms with Crippen LogP contribution in [-0.2, 0) is 0 Å². The van der Waals surface area contributed by atoms with Gasteiger partial charge in [0.15, 0.2) is 0 Å². The third-order valence-electron chi connectivity index (χ3n) is 3.81. The van der Waals surface area contributed by atoms with Crippen LogP contribution in [0.3, 0.4) is 0 Å². The molecule has 1 aliphatic carbocycles. The zero-order valence-electron chi connectivity index (χ0n) is 11.4. The largest absolute Gasteiger partial charge is 0.465 e. The van der Waals surface area contributed by atoms with Crippen LogP contribution in [0.2, 0.25) is 0 Å². The van der Waals surface area contributed by atoms with E-state index in [4.69, 9.17) is 5.11 Å². The highest BCUT2D eigenvalue weighted by Gasteiger charge is 2.39. The van der Waals surface area contributed by atoms with Gasteiger partial charge in [-0.1, -0.05) is 44.6 Å². The fourth-order valence-corrected chi connectivity index (χ4v) is 2.13. The Morgan fingerprint density at radius 3 is 2.56 bits per heavy atom. The lowest BCUT2D eigenvalue weighted by Crippen LogP contribution is -2.38. The minimum absolute atomic E-state index is 0.000402. The summed E-state index contributed by atoms with van der Waals surface area (Å²) in [5.41, 5.74) is 0.910. The molecular weight excluding hydrogens is 230 g/mol. The monoisotopic (exact) mass is 253 g/mol. The number of carboxylic acid groups (broad SMARTS) is 1. The quantitative estimate of drug-likeness (QED) is 0.721. The average Bonchev–Trinajstić information content (AvgIpc) is 2.28. The summed E-state index contributed by atoms with van der Waals surface area (Å²) in [6.07, 6.45) is 6.68. The molecule has 0 radical (unpaired) electrons. The summed E-state index contributed by atoms with van der Waals surface area (Å²) in [4.78, 5) is 10.3. The van der Waals surface area contributed by atoms with Crippen molar-refractivity contribution in [3.05, 3.63) is 23.8 Å². The van der Waals surface area contributed by atoms with E-state index in [0.29, 0.717) is 13.0 Å². The highest BCUT2D eigenvalue weighted by atomic mass is 16.4. The molecule has 0 aromatic carbocycles. The summed E-state index contributed by atoms with van der Waals surface area (Å²) in [5, 5.41) is 20.5. The minimum atomic E-state index is -0.991. The van der Waals surface area contributed by atoms with E-state index < -0.39 is 6.09 Å². The summed E-state index contributed by atoms with van der Waals surface area (Å²) < 4.78 is 0. The lowest BCUT2D eigenvalue weighted by molar-refractivity contribution is 0.0614. The molecule has 102 valence electrons. The van der Waals surface area contributed by atoms with E-state index in [1.165, 1.54) is 0 Å². The van der Waals surface area contributed by atoms with Crippen LogP contribution in [0.1, 0.15) is 33.6 Å². The number of aliphatic hydroxyl groups is 1. The van der Waals surface area contributed by atoms with E-state index >= 15 is 0 Å². The van der Waals surface area contributed by atoms with Crippen LogP contribution in [0, 0.1) is 10.8 Å². The van der Waals surface area contributed by atoms with Gasteiger partial charge in [0.05, 0.1) is 6.61 Å². The number of aliphatic hydroxyl groups excluding tert-OH is 1. The van der Waals surface area contributed by atoms with Crippen molar-refractivity contribution < 1.29 is 15.0 Å². The molecule has 3 N–H and O–H groups in total. The van der Waals surface area contributed by atoms with E-state index in [0.717, 1.165) is 12.0 Å². The normalized spacial score (nSPS) is 23.7. The Balaban J connectivity index is 2.60. The Morgan fingerprint density at radius 1 is 1.50 bits per heavy atom. The molecule has 0 saturated heterocycles. The Morgan fingerprint density at radius 2 is 2.17 bits per heavy atom. The standard InChI is InChI=1S/C14H23NO3/c1-13(2,3)14(10-16)7-4-11(5-8-14)6-9-15-12(17)18/h4-5,7,15-16H,6,8-10H2,1-3H3,(H,17,18). The first-order valence-corrected chi connectivity index (χ1v) is 6.27. The zero-order chi connectivity index (χ0) is 13.8. The van der Waals surface area contributed by atoms with E-state index in [2.05, 4.69) is 38.2 Å². The van der Waals surface area contributed by atoms with Crippen molar-refractivity contribution >= 4 is 6.09 Å². The van der Waals surface area contributed by atoms with Crippen LogP contribution < -0.4 is 5.32 Å².